The normalized spacial score (nSPS) is 13.5. The lowest BCUT2D eigenvalue weighted by Crippen LogP contribution is -2.29. The fourth-order valence-electron chi connectivity index (χ4n) is 3.34. The van der Waals surface area contributed by atoms with Gasteiger partial charge in [0.1, 0.15) is 5.56 Å². The molecule has 1 aliphatic rings. The van der Waals surface area contributed by atoms with Gasteiger partial charge >= 0.3 is 0 Å². The minimum absolute atomic E-state index is 0.0575. The van der Waals surface area contributed by atoms with Crippen molar-refractivity contribution in [2.24, 2.45) is 0 Å². The maximum atomic E-state index is 12.4. The van der Waals surface area contributed by atoms with Crippen molar-refractivity contribution in [3.8, 4) is 11.3 Å². The van der Waals surface area contributed by atoms with Gasteiger partial charge in [-0.3, -0.25) is 19.4 Å². The van der Waals surface area contributed by atoms with Gasteiger partial charge in [0.2, 0.25) is 5.91 Å². The molecule has 1 fully saturated rings. The van der Waals surface area contributed by atoms with Crippen LogP contribution < -0.4 is 15.8 Å². The molecule has 1 aliphatic heterocycles. The van der Waals surface area contributed by atoms with Crippen molar-refractivity contribution < 1.29 is 9.59 Å². The molecule has 146 valence electrons. The van der Waals surface area contributed by atoms with Crippen molar-refractivity contribution in [1.29, 1.82) is 0 Å². The van der Waals surface area contributed by atoms with Crippen LogP contribution in [-0.2, 0) is 11.3 Å². The van der Waals surface area contributed by atoms with Crippen molar-refractivity contribution in [2.45, 2.75) is 19.4 Å². The molecule has 2 aromatic heterocycles. The van der Waals surface area contributed by atoms with Crippen LogP contribution in [0, 0.1) is 0 Å². The first-order valence-corrected chi connectivity index (χ1v) is 9.43. The maximum absolute atomic E-state index is 12.4. The fraction of sp³-hybridized carbons (Fsp3) is 0.182. The van der Waals surface area contributed by atoms with Gasteiger partial charge in [0.25, 0.3) is 11.5 Å². The Morgan fingerprint density at radius 3 is 2.45 bits per heavy atom. The van der Waals surface area contributed by atoms with Crippen LogP contribution in [0.5, 0.6) is 0 Å². The molecular weight excluding hydrogens is 368 g/mol. The summed E-state index contributed by atoms with van der Waals surface area (Å²) in [6.45, 7) is 1.03. The van der Waals surface area contributed by atoms with Crippen molar-refractivity contribution in [1.82, 2.24) is 15.3 Å². The molecular formula is C22H20N4O3. The quantitative estimate of drug-likeness (QED) is 0.702. The van der Waals surface area contributed by atoms with Gasteiger partial charge in [-0.05, 0) is 48.4 Å². The molecule has 0 aliphatic carbocycles. The van der Waals surface area contributed by atoms with Gasteiger partial charge in [0.05, 0.1) is 0 Å². The van der Waals surface area contributed by atoms with Gasteiger partial charge in [-0.25, -0.2) is 0 Å². The van der Waals surface area contributed by atoms with E-state index in [2.05, 4.69) is 15.3 Å². The highest BCUT2D eigenvalue weighted by molar-refractivity contribution is 5.95. The molecule has 2 amide bonds. The lowest BCUT2D eigenvalue weighted by molar-refractivity contribution is -0.117. The number of hydrogen-bond donors (Lipinski definition) is 2. The van der Waals surface area contributed by atoms with Crippen LogP contribution in [0.3, 0.4) is 0 Å². The van der Waals surface area contributed by atoms with Crippen LogP contribution in [-0.4, -0.2) is 28.3 Å². The minimum atomic E-state index is -0.445. The number of nitrogens with zero attached hydrogens (tertiary/aromatic N) is 2. The first kappa shape index (κ1) is 18.6. The van der Waals surface area contributed by atoms with E-state index in [0.29, 0.717) is 18.7 Å². The van der Waals surface area contributed by atoms with E-state index < -0.39 is 11.5 Å². The molecule has 1 saturated heterocycles. The third kappa shape index (κ3) is 4.08. The topological polar surface area (TPSA) is 95.2 Å². The highest BCUT2D eigenvalue weighted by Gasteiger charge is 2.21. The summed E-state index contributed by atoms with van der Waals surface area (Å²) in [6.07, 6.45) is 4.75. The SMILES string of the molecule is O=C(NCc1ccc(N2CCCC2=O)cc1)c1ccc(-c2ccncc2)[nH]c1=O. The van der Waals surface area contributed by atoms with E-state index in [4.69, 9.17) is 0 Å². The van der Waals surface area contributed by atoms with E-state index in [9.17, 15) is 14.4 Å². The van der Waals surface area contributed by atoms with Gasteiger partial charge in [0, 0.05) is 48.8 Å². The minimum Gasteiger partial charge on any atom is -0.348 e. The lowest BCUT2D eigenvalue weighted by atomic mass is 10.1. The predicted octanol–water partition coefficient (Wildman–Crippen LogP) is 2.49. The van der Waals surface area contributed by atoms with E-state index in [0.717, 1.165) is 29.8 Å². The van der Waals surface area contributed by atoms with Gasteiger partial charge in [-0.1, -0.05) is 12.1 Å². The summed E-state index contributed by atoms with van der Waals surface area (Å²) < 4.78 is 0. The first-order valence-electron chi connectivity index (χ1n) is 9.43. The van der Waals surface area contributed by atoms with Crippen molar-refractivity contribution in [3.63, 3.8) is 0 Å². The number of aromatic amines is 1. The summed E-state index contributed by atoms with van der Waals surface area (Å²) in [6, 6.07) is 14.3. The number of H-pyrrole nitrogens is 1. The summed E-state index contributed by atoms with van der Waals surface area (Å²) in [7, 11) is 0. The molecule has 0 bridgehead atoms. The highest BCUT2D eigenvalue weighted by atomic mass is 16.2. The second kappa shape index (κ2) is 8.10. The molecule has 1 aromatic carbocycles. The molecule has 4 rings (SSSR count). The molecule has 0 atom stereocenters. The van der Waals surface area contributed by atoms with Gasteiger partial charge in [-0.2, -0.15) is 0 Å². The number of carbonyl (C=O) groups excluding carboxylic acids is 2. The number of pyridine rings is 2. The Kier molecular flexibility index (Phi) is 5.20. The zero-order valence-corrected chi connectivity index (χ0v) is 15.7. The maximum Gasteiger partial charge on any atom is 0.261 e. The monoisotopic (exact) mass is 388 g/mol. The van der Waals surface area contributed by atoms with Crippen LogP contribution >= 0.6 is 0 Å². The Bertz CT molecular complexity index is 1090. The molecule has 0 spiro atoms. The van der Waals surface area contributed by atoms with Crippen LogP contribution in [0.25, 0.3) is 11.3 Å². The number of nitrogens with one attached hydrogen (secondary N) is 2. The predicted molar refractivity (Wildman–Crippen MR) is 109 cm³/mol. The molecule has 3 heterocycles. The Morgan fingerprint density at radius 1 is 1.03 bits per heavy atom. The number of rotatable bonds is 5. The van der Waals surface area contributed by atoms with E-state index >= 15 is 0 Å². The van der Waals surface area contributed by atoms with Crippen molar-refractivity contribution >= 4 is 17.5 Å². The molecule has 3 aromatic rings. The van der Waals surface area contributed by atoms with Crippen LogP contribution in [0.4, 0.5) is 5.69 Å². The lowest BCUT2D eigenvalue weighted by Gasteiger charge is -2.16. The molecule has 7 nitrogen and oxygen atoms in total. The van der Waals surface area contributed by atoms with E-state index in [1.807, 2.05) is 24.3 Å². The molecule has 0 saturated carbocycles. The molecule has 0 radical (unpaired) electrons. The number of benzene rings is 1. The van der Waals surface area contributed by atoms with Gasteiger partial charge in [-0.15, -0.1) is 0 Å². The smallest absolute Gasteiger partial charge is 0.261 e. The van der Waals surface area contributed by atoms with Gasteiger partial charge < -0.3 is 15.2 Å². The van der Waals surface area contributed by atoms with E-state index in [1.165, 1.54) is 6.07 Å². The molecule has 2 N–H and O–H groups in total. The summed E-state index contributed by atoms with van der Waals surface area (Å²) in [5.74, 6) is -0.299. The average molecular weight is 388 g/mol. The van der Waals surface area contributed by atoms with Crippen molar-refractivity contribution in [3.05, 3.63) is 82.4 Å². The Labute approximate surface area is 167 Å². The molecule has 7 heteroatoms. The summed E-state index contributed by atoms with van der Waals surface area (Å²) in [5, 5.41) is 2.76. The van der Waals surface area contributed by atoms with Crippen LogP contribution in [0.15, 0.2) is 65.7 Å². The Balaban J connectivity index is 1.41. The number of carbonyl (C=O) groups is 2. The third-order valence-corrected chi connectivity index (χ3v) is 4.92. The van der Waals surface area contributed by atoms with Crippen molar-refractivity contribution in [2.75, 3.05) is 11.4 Å². The molecule has 29 heavy (non-hydrogen) atoms. The number of amides is 2. The first-order chi connectivity index (χ1) is 14.1. The standard InChI is InChI=1S/C22H20N4O3/c27-20-2-1-13-26(20)17-5-3-15(4-6-17)14-24-21(28)18-7-8-19(25-22(18)29)16-9-11-23-12-10-16/h3-12H,1-2,13-14H2,(H,24,28)(H,25,29). The highest BCUT2D eigenvalue weighted by Crippen LogP contribution is 2.21. The summed E-state index contributed by atoms with van der Waals surface area (Å²) in [5.41, 5.74) is 2.81. The van der Waals surface area contributed by atoms with E-state index in [1.54, 1.807) is 35.5 Å². The summed E-state index contributed by atoms with van der Waals surface area (Å²) >= 11 is 0. The third-order valence-electron chi connectivity index (χ3n) is 4.92. The second-order valence-corrected chi connectivity index (χ2v) is 6.85. The number of hydrogen-bond acceptors (Lipinski definition) is 4. The average Bonchev–Trinajstić information content (AvgIpc) is 3.19. The van der Waals surface area contributed by atoms with Crippen LogP contribution in [0.2, 0.25) is 0 Å². The van der Waals surface area contributed by atoms with Gasteiger partial charge in [0.15, 0.2) is 0 Å². The zero-order valence-electron chi connectivity index (χ0n) is 15.7. The Morgan fingerprint density at radius 2 is 1.79 bits per heavy atom. The largest absolute Gasteiger partial charge is 0.348 e. The second-order valence-electron chi connectivity index (χ2n) is 6.85. The number of aromatic nitrogens is 2. The summed E-state index contributed by atoms with van der Waals surface area (Å²) in [4.78, 5) is 45.0. The fourth-order valence-corrected chi connectivity index (χ4v) is 3.34. The number of anilines is 1. The Hall–Kier alpha value is -3.74. The molecule has 0 unspecified atom stereocenters. The van der Waals surface area contributed by atoms with E-state index in [-0.39, 0.29) is 11.5 Å². The van der Waals surface area contributed by atoms with Crippen LogP contribution in [0.1, 0.15) is 28.8 Å². The zero-order chi connectivity index (χ0) is 20.2.